The summed E-state index contributed by atoms with van der Waals surface area (Å²) in [5.41, 5.74) is 3.36. The summed E-state index contributed by atoms with van der Waals surface area (Å²) in [6.07, 6.45) is 0. The van der Waals surface area contributed by atoms with Crippen LogP contribution in [0.2, 0.25) is 0 Å². The van der Waals surface area contributed by atoms with Gasteiger partial charge < -0.3 is 13.9 Å². The van der Waals surface area contributed by atoms with Crippen molar-refractivity contribution in [3.8, 4) is 22.8 Å². The van der Waals surface area contributed by atoms with Crippen molar-refractivity contribution in [2.45, 2.75) is 18.7 Å². The van der Waals surface area contributed by atoms with Gasteiger partial charge in [-0.3, -0.25) is 0 Å². The molecule has 0 saturated carbocycles. The zero-order valence-corrected chi connectivity index (χ0v) is 22.6. The maximum atomic E-state index is 12.9. The fraction of sp³-hybridized carbons (Fsp3) is 0.138. The Morgan fingerprint density at radius 1 is 0.821 bits per heavy atom. The molecule has 0 saturated heterocycles. The second kappa shape index (κ2) is 10.6. The number of benzene rings is 3. The van der Waals surface area contributed by atoms with E-state index in [1.54, 1.807) is 46.3 Å². The van der Waals surface area contributed by atoms with E-state index in [1.807, 2.05) is 48.5 Å². The number of ether oxygens (including phenoxy) is 2. The Labute approximate surface area is 225 Å². The number of sulfonamides is 1. The average Bonchev–Trinajstić information content (AvgIpc) is 2.92. The lowest BCUT2D eigenvalue weighted by atomic mass is 10.1. The third-order valence-electron chi connectivity index (χ3n) is 5.92. The van der Waals surface area contributed by atoms with E-state index in [4.69, 9.17) is 18.9 Å². The number of anilines is 1. The van der Waals surface area contributed by atoms with Crippen LogP contribution in [0.5, 0.6) is 11.5 Å². The molecule has 1 N–H and O–H groups in total. The van der Waals surface area contributed by atoms with Gasteiger partial charge in [0.05, 0.1) is 30.2 Å². The van der Waals surface area contributed by atoms with Gasteiger partial charge in [-0.1, -0.05) is 12.1 Å². The van der Waals surface area contributed by atoms with Gasteiger partial charge >= 0.3 is 0 Å². The van der Waals surface area contributed by atoms with Gasteiger partial charge in [0.1, 0.15) is 11.3 Å². The number of hydrogen-bond acceptors (Lipinski definition) is 8. The van der Waals surface area contributed by atoms with Crippen molar-refractivity contribution >= 4 is 32.6 Å². The van der Waals surface area contributed by atoms with Crippen molar-refractivity contribution in [3.05, 3.63) is 95.6 Å². The molecule has 0 bridgehead atoms. The highest BCUT2D eigenvalue weighted by atomic mass is 32.2. The van der Waals surface area contributed by atoms with Gasteiger partial charge in [0.25, 0.3) is 10.0 Å². The number of rotatable bonds is 7. The van der Waals surface area contributed by atoms with E-state index < -0.39 is 10.0 Å². The van der Waals surface area contributed by atoms with Gasteiger partial charge in [-0.2, -0.15) is 0 Å². The standard InChI is InChI=1S/C29H26N4O5S/c1-18-15-19(2)31-29(30-18)33-39(34,35)22-12-10-21(11-13-22)32-24-17-27(38-25-8-6-5-7-23(24)25)20-9-14-26(36-3)28(16-20)37-4/h5-17H,1-4H3,(H,30,31,33). The third-order valence-corrected chi connectivity index (χ3v) is 7.27. The summed E-state index contributed by atoms with van der Waals surface area (Å²) < 4.78 is 45.2. The fourth-order valence-electron chi connectivity index (χ4n) is 4.13. The van der Waals surface area contributed by atoms with Crippen molar-refractivity contribution in [1.82, 2.24) is 9.97 Å². The van der Waals surface area contributed by atoms with Gasteiger partial charge in [0, 0.05) is 28.4 Å². The van der Waals surface area contributed by atoms with Crippen LogP contribution in [0.15, 0.2) is 93.2 Å². The predicted molar refractivity (Wildman–Crippen MR) is 149 cm³/mol. The molecule has 3 aromatic carbocycles. The van der Waals surface area contributed by atoms with E-state index >= 15 is 0 Å². The molecule has 198 valence electrons. The maximum absolute atomic E-state index is 12.9. The molecule has 0 fully saturated rings. The van der Waals surface area contributed by atoms with Gasteiger partial charge in [0.15, 0.2) is 11.5 Å². The van der Waals surface area contributed by atoms with Crippen LogP contribution in [0.4, 0.5) is 11.6 Å². The van der Waals surface area contributed by atoms with E-state index in [-0.39, 0.29) is 10.8 Å². The highest BCUT2D eigenvalue weighted by Crippen LogP contribution is 2.33. The first kappa shape index (κ1) is 25.9. The molecule has 2 aromatic heterocycles. The number of hydrogen-bond donors (Lipinski definition) is 1. The first-order valence-corrected chi connectivity index (χ1v) is 13.5. The molecule has 0 radical (unpaired) electrons. The Morgan fingerprint density at radius 3 is 2.21 bits per heavy atom. The van der Waals surface area contributed by atoms with Crippen LogP contribution >= 0.6 is 0 Å². The predicted octanol–water partition coefficient (Wildman–Crippen LogP) is 5.56. The first-order valence-electron chi connectivity index (χ1n) is 12.0. The summed E-state index contributed by atoms with van der Waals surface area (Å²) in [4.78, 5) is 13.2. The van der Waals surface area contributed by atoms with Crippen LogP contribution in [0.3, 0.4) is 0 Å². The minimum absolute atomic E-state index is 0.0310. The van der Waals surface area contributed by atoms with Crippen LogP contribution in [-0.2, 0) is 10.0 Å². The summed E-state index contributed by atoms with van der Waals surface area (Å²) in [6.45, 7) is 3.56. The third kappa shape index (κ3) is 5.60. The molecule has 0 unspecified atom stereocenters. The number of para-hydroxylation sites is 1. The van der Waals surface area contributed by atoms with Crippen molar-refractivity contribution in [2.75, 3.05) is 18.9 Å². The highest BCUT2D eigenvalue weighted by Gasteiger charge is 2.16. The Kier molecular flexibility index (Phi) is 7.03. The molecular formula is C29H26N4O5S. The number of fused-ring (bicyclic) bond motifs is 1. The molecule has 0 amide bonds. The van der Waals surface area contributed by atoms with Crippen LogP contribution in [0.1, 0.15) is 11.4 Å². The molecule has 0 aliphatic heterocycles. The van der Waals surface area contributed by atoms with Gasteiger partial charge in [-0.25, -0.2) is 28.1 Å². The van der Waals surface area contributed by atoms with Crippen molar-refractivity contribution in [3.63, 3.8) is 0 Å². The van der Waals surface area contributed by atoms with E-state index in [2.05, 4.69) is 14.7 Å². The van der Waals surface area contributed by atoms with E-state index in [0.717, 1.165) is 10.9 Å². The summed E-state index contributed by atoms with van der Waals surface area (Å²) in [5.74, 6) is 1.81. The second-order valence-electron chi connectivity index (χ2n) is 8.75. The largest absolute Gasteiger partial charge is 0.493 e. The highest BCUT2D eigenvalue weighted by molar-refractivity contribution is 7.92. The number of aryl methyl sites for hydroxylation is 2. The molecule has 0 spiro atoms. The topological polar surface area (TPSA) is 116 Å². The summed E-state index contributed by atoms with van der Waals surface area (Å²) in [7, 11) is -0.720. The number of aromatic nitrogens is 2. The van der Waals surface area contributed by atoms with Crippen LogP contribution in [0, 0.1) is 13.8 Å². The molecule has 0 aliphatic rings. The smallest absolute Gasteiger partial charge is 0.264 e. The fourth-order valence-corrected chi connectivity index (χ4v) is 5.07. The number of nitrogens with zero attached hydrogens (tertiary/aromatic N) is 3. The van der Waals surface area contributed by atoms with Crippen LogP contribution < -0.4 is 19.6 Å². The van der Waals surface area contributed by atoms with Gasteiger partial charge in [-0.05, 0) is 74.5 Å². The Balaban J connectivity index is 1.53. The lowest BCUT2D eigenvalue weighted by Gasteiger charge is -2.10. The molecule has 39 heavy (non-hydrogen) atoms. The Morgan fingerprint density at radius 2 is 1.51 bits per heavy atom. The van der Waals surface area contributed by atoms with Crippen LogP contribution in [-0.4, -0.2) is 32.6 Å². The minimum Gasteiger partial charge on any atom is -0.493 e. The quantitative estimate of drug-likeness (QED) is 0.286. The zero-order chi connectivity index (χ0) is 27.6. The van der Waals surface area contributed by atoms with Crippen molar-refractivity contribution < 1.29 is 22.3 Å². The second-order valence-corrected chi connectivity index (χ2v) is 10.4. The molecule has 5 aromatic rings. The Bertz CT molecular complexity index is 1830. The van der Waals surface area contributed by atoms with Crippen molar-refractivity contribution in [2.24, 2.45) is 4.99 Å². The average molecular weight is 543 g/mol. The number of methoxy groups -OCH3 is 2. The molecular weight excluding hydrogens is 516 g/mol. The SMILES string of the molecule is COc1ccc(-c2cc(=Nc3ccc(S(=O)(=O)Nc4nc(C)cc(C)n4)cc3)c3ccccc3o2)cc1OC. The molecule has 2 heterocycles. The van der Waals surface area contributed by atoms with Crippen LogP contribution in [0.25, 0.3) is 22.3 Å². The first-order chi connectivity index (χ1) is 18.8. The van der Waals surface area contributed by atoms with Crippen molar-refractivity contribution in [1.29, 1.82) is 0 Å². The summed E-state index contributed by atoms with van der Waals surface area (Å²) in [6, 6.07) is 23.0. The van der Waals surface area contributed by atoms with E-state index in [1.165, 1.54) is 12.1 Å². The monoisotopic (exact) mass is 542 g/mol. The molecule has 10 heteroatoms. The Hall–Kier alpha value is -4.70. The minimum atomic E-state index is -3.88. The normalized spacial score (nSPS) is 11.9. The van der Waals surface area contributed by atoms with E-state index in [9.17, 15) is 8.42 Å². The van der Waals surface area contributed by atoms with E-state index in [0.29, 0.717) is 45.3 Å². The summed E-state index contributed by atoms with van der Waals surface area (Å²) in [5, 5.41) is 1.48. The number of nitrogens with one attached hydrogen (secondary N) is 1. The lowest BCUT2D eigenvalue weighted by molar-refractivity contribution is 0.355. The molecule has 0 aliphatic carbocycles. The molecule has 0 atom stereocenters. The molecule has 9 nitrogen and oxygen atoms in total. The molecule has 5 rings (SSSR count). The maximum Gasteiger partial charge on any atom is 0.264 e. The lowest BCUT2D eigenvalue weighted by Crippen LogP contribution is -2.15. The van der Waals surface area contributed by atoms with Gasteiger partial charge in [0.2, 0.25) is 5.95 Å². The summed E-state index contributed by atoms with van der Waals surface area (Å²) >= 11 is 0. The zero-order valence-electron chi connectivity index (χ0n) is 21.8. The van der Waals surface area contributed by atoms with Gasteiger partial charge in [-0.15, -0.1) is 0 Å².